The van der Waals surface area contributed by atoms with E-state index in [-0.39, 0.29) is 17.4 Å². The number of hydrogen-bond acceptors (Lipinski definition) is 4. The molecule has 2 aromatic carbocycles. The van der Waals surface area contributed by atoms with Gasteiger partial charge in [0.2, 0.25) is 0 Å². The van der Waals surface area contributed by atoms with Gasteiger partial charge in [-0.3, -0.25) is 4.79 Å². The molecule has 5 nitrogen and oxygen atoms in total. The van der Waals surface area contributed by atoms with Crippen molar-refractivity contribution in [2.24, 2.45) is 0 Å². The van der Waals surface area contributed by atoms with Gasteiger partial charge in [-0.15, -0.1) is 0 Å². The molecule has 0 spiro atoms. The van der Waals surface area contributed by atoms with Gasteiger partial charge in [0, 0.05) is 30.1 Å². The Hall–Kier alpha value is -3.16. The Bertz CT molecular complexity index is 976. The number of aromatic nitrogens is 2. The second-order valence-electron chi connectivity index (χ2n) is 6.97. The van der Waals surface area contributed by atoms with Crippen LogP contribution in [0.25, 0.3) is 11.5 Å². The first kappa shape index (κ1) is 19.2. The predicted octanol–water partition coefficient (Wildman–Crippen LogP) is 4.78. The smallest absolute Gasteiger partial charge is 0.339 e. The van der Waals surface area contributed by atoms with Crippen LogP contribution in [-0.2, 0) is 6.18 Å². The van der Waals surface area contributed by atoms with Crippen molar-refractivity contribution in [1.82, 2.24) is 15.0 Å². The van der Waals surface area contributed by atoms with Crippen LogP contribution in [-0.4, -0.2) is 34.0 Å². The number of likely N-dealkylation sites (tertiary alicyclic amines) is 1. The highest BCUT2D eigenvalue weighted by molar-refractivity contribution is 5.94. The van der Waals surface area contributed by atoms with Crippen LogP contribution >= 0.6 is 0 Å². The van der Waals surface area contributed by atoms with Crippen LogP contribution in [0.2, 0.25) is 0 Å². The minimum Gasteiger partial charge on any atom is -0.339 e. The summed E-state index contributed by atoms with van der Waals surface area (Å²) in [6, 6.07) is 13.8. The molecule has 3 aromatic rings. The monoisotopic (exact) mass is 401 g/mol. The molecule has 0 bridgehead atoms. The van der Waals surface area contributed by atoms with Gasteiger partial charge < -0.3 is 9.42 Å². The SMILES string of the molecule is O=C(c1ccc(C(F)(F)F)cc1)N1CCC(c2noc(-c3ccccc3)n2)CC1. The number of nitrogens with zero attached hydrogens (tertiary/aromatic N) is 3. The maximum atomic E-state index is 12.7. The maximum absolute atomic E-state index is 12.7. The fourth-order valence-electron chi connectivity index (χ4n) is 3.42. The third kappa shape index (κ3) is 4.16. The normalized spacial score (nSPS) is 15.5. The number of benzene rings is 2. The standard InChI is InChI=1S/C21H18F3N3O2/c22-21(23,24)17-8-6-16(7-9-17)20(28)27-12-10-14(11-13-27)18-25-19(29-26-18)15-4-2-1-3-5-15/h1-9,14H,10-13H2. The molecule has 1 aliphatic heterocycles. The highest BCUT2D eigenvalue weighted by Gasteiger charge is 2.31. The summed E-state index contributed by atoms with van der Waals surface area (Å²) in [6.07, 6.45) is -3.08. The number of carbonyl (C=O) groups is 1. The lowest BCUT2D eigenvalue weighted by atomic mass is 9.95. The van der Waals surface area contributed by atoms with Gasteiger partial charge in [0.1, 0.15) is 0 Å². The molecule has 29 heavy (non-hydrogen) atoms. The Morgan fingerprint density at radius 2 is 1.66 bits per heavy atom. The van der Waals surface area contributed by atoms with Crippen LogP contribution in [0.15, 0.2) is 59.1 Å². The zero-order valence-corrected chi connectivity index (χ0v) is 15.4. The number of carbonyl (C=O) groups excluding carboxylic acids is 1. The third-order valence-electron chi connectivity index (χ3n) is 5.07. The molecule has 0 unspecified atom stereocenters. The lowest BCUT2D eigenvalue weighted by molar-refractivity contribution is -0.137. The Balaban J connectivity index is 1.38. The first-order chi connectivity index (χ1) is 13.9. The van der Waals surface area contributed by atoms with Crippen LogP contribution in [0.3, 0.4) is 0 Å². The molecule has 1 aromatic heterocycles. The van der Waals surface area contributed by atoms with E-state index >= 15 is 0 Å². The first-order valence-corrected chi connectivity index (χ1v) is 9.27. The maximum Gasteiger partial charge on any atom is 0.416 e. The highest BCUT2D eigenvalue weighted by Crippen LogP contribution is 2.31. The quantitative estimate of drug-likeness (QED) is 0.634. The average molecular weight is 401 g/mol. The van der Waals surface area contributed by atoms with Gasteiger partial charge in [-0.2, -0.15) is 18.2 Å². The molecule has 2 heterocycles. The van der Waals surface area contributed by atoms with Crippen LogP contribution in [0, 0.1) is 0 Å². The molecule has 0 atom stereocenters. The average Bonchev–Trinajstić information content (AvgIpc) is 3.24. The van der Waals surface area contributed by atoms with Crippen LogP contribution in [0.1, 0.15) is 40.5 Å². The van der Waals surface area contributed by atoms with Crippen LogP contribution in [0.4, 0.5) is 13.2 Å². The molecule has 0 radical (unpaired) electrons. The topological polar surface area (TPSA) is 59.2 Å². The van der Waals surface area contributed by atoms with E-state index < -0.39 is 11.7 Å². The molecule has 0 aliphatic carbocycles. The van der Waals surface area contributed by atoms with Crippen molar-refractivity contribution < 1.29 is 22.5 Å². The van der Waals surface area contributed by atoms with Gasteiger partial charge in [0.05, 0.1) is 5.56 Å². The highest BCUT2D eigenvalue weighted by atomic mass is 19.4. The Morgan fingerprint density at radius 1 is 1.00 bits per heavy atom. The summed E-state index contributed by atoms with van der Waals surface area (Å²) in [5, 5.41) is 4.08. The van der Waals surface area contributed by atoms with Crippen molar-refractivity contribution in [2.45, 2.75) is 24.9 Å². The molecular formula is C21H18F3N3O2. The second-order valence-corrected chi connectivity index (χ2v) is 6.97. The number of alkyl halides is 3. The zero-order valence-electron chi connectivity index (χ0n) is 15.4. The van der Waals surface area contributed by atoms with E-state index in [1.165, 1.54) is 12.1 Å². The molecule has 0 saturated carbocycles. The van der Waals surface area contributed by atoms with Gasteiger partial charge in [-0.1, -0.05) is 23.4 Å². The van der Waals surface area contributed by atoms with Gasteiger partial charge in [0.15, 0.2) is 5.82 Å². The van der Waals surface area contributed by atoms with Crippen molar-refractivity contribution in [2.75, 3.05) is 13.1 Å². The predicted molar refractivity (Wildman–Crippen MR) is 99.1 cm³/mol. The largest absolute Gasteiger partial charge is 0.416 e. The van der Waals surface area contributed by atoms with Gasteiger partial charge in [0.25, 0.3) is 11.8 Å². The number of hydrogen-bond donors (Lipinski definition) is 0. The molecule has 150 valence electrons. The fraction of sp³-hybridized carbons (Fsp3) is 0.286. The lowest BCUT2D eigenvalue weighted by Gasteiger charge is -2.30. The summed E-state index contributed by atoms with van der Waals surface area (Å²) < 4.78 is 43.4. The minimum atomic E-state index is -4.41. The van der Waals surface area contributed by atoms with Crippen LogP contribution < -0.4 is 0 Å². The van der Waals surface area contributed by atoms with E-state index in [0.29, 0.717) is 37.6 Å². The van der Waals surface area contributed by atoms with Crippen molar-refractivity contribution in [3.8, 4) is 11.5 Å². The molecule has 1 saturated heterocycles. The molecule has 0 N–H and O–H groups in total. The van der Waals surface area contributed by atoms with E-state index in [4.69, 9.17) is 4.52 Å². The Morgan fingerprint density at radius 3 is 2.28 bits per heavy atom. The van der Waals surface area contributed by atoms with Crippen LogP contribution in [0.5, 0.6) is 0 Å². The molecule has 8 heteroatoms. The number of rotatable bonds is 3. The summed E-state index contributed by atoms with van der Waals surface area (Å²) in [4.78, 5) is 18.7. The van der Waals surface area contributed by atoms with Crippen molar-refractivity contribution >= 4 is 5.91 Å². The van der Waals surface area contributed by atoms with E-state index in [0.717, 1.165) is 17.7 Å². The molecule has 1 amide bonds. The van der Waals surface area contributed by atoms with E-state index in [1.807, 2.05) is 30.3 Å². The number of amides is 1. The minimum absolute atomic E-state index is 0.0767. The summed E-state index contributed by atoms with van der Waals surface area (Å²) in [7, 11) is 0. The van der Waals surface area contributed by atoms with Gasteiger partial charge in [-0.05, 0) is 49.2 Å². The summed E-state index contributed by atoms with van der Waals surface area (Å²) in [5.41, 5.74) is 0.336. The van der Waals surface area contributed by atoms with Crippen molar-refractivity contribution in [1.29, 1.82) is 0 Å². The summed E-state index contributed by atoms with van der Waals surface area (Å²) >= 11 is 0. The van der Waals surface area contributed by atoms with Crippen molar-refractivity contribution in [3.63, 3.8) is 0 Å². The summed E-state index contributed by atoms with van der Waals surface area (Å²) in [6.45, 7) is 0.972. The Kier molecular flexibility index (Phi) is 5.08. The van der Waals surface area contributed by atoms with Gasteiger partial charge in [-0.25, -0.2) is 0 Å². The van der Waals surface area contributed by atoms with E-state index in [2.05, 4.69) is 10.1 Å². The van der Waals surface area contributed by atoms with E-state index in [9.17, 15) is 18.0 Å². The molecule has 4 rings (SSSR count). The number of piperidine rings is 1. The molecular weight excluding hydrogens is 383 g/mol. The third-order valence-corrected chi connectivity index (χ3v) is 5.07. The second kappa shape index (κ2) is 7.69. The molecule has 1 fully saturated rings. The molecule has 1 aliphatic rings. The van der Waals surface area contributed by atoms with Gasteiger partial charge >= 0.3 is 6.18 Å². The summed E-state index contributed by atoms with van der Waals surface area (Å²) in [5.74, 6) is 0.887. The fourth-order valence-corrected chi connectivity index (χ4v) is 3.42. The Labute approximate surface area is 165 Å². The number of halogens is 3. The zero-order chi connectivity index (χ0) is 20.4. The first-order valence-electron chi connectivity index (χ1n) is 9.27. The van der Waals surface area contributed by atoms with Crippen molar-refractivity contribution in [3.05, 3.63) is 71.5 Å². The van der Waals surface area contributed by atoms with E-state index in [1.54, 1.807) is 4.90 Å². The lowest BCUT2D eigenvalue weighted by Crippen LogP contribution is -2.38.